The SMILES string of the molecule is CCCn1ncnc1C(NC)C(C)(CC)OCC. The lowest BCUT2D eigenvalue weighted by Gasteiger charge is -2.36. The van der Waals surface area contributed by atoms with Crippen LogP contribution in [0.1, 0.15) is 52.4 Å². The molecule has 0 spiro atoms. The Morgan fingerprint density at radius 1 is 1.44 bits per heavy atom. The van der Waals surface area contributed by atoms with E-state index in [0.29, 0.717) is 6.61 Å². The van der Waals surface area contributed by atoms with E-state index in [2.05, 4.69) is 36.2 Å². The minimum atomic E-state index is -0.262. The van der Waals surface area contributed by atoms with Crippen LogP contribution in [0.2, 0.25) is 0 Å². The van der Waals surface area contributed by atoms with Gasteiger partial charge in [-0.2, -0.15) is 5.10 Å². The number of hydrogen-bond acceptors (Lipinski definition) is 4. The Hall–Kier alpha value is -0.940. The number of nitrogens with one attached hydrogen (secondary N) is 1. The molecule has 0 aliphatic carbocycles. The third-order valence-electron chi connectivity index (χ3n) is 3.41. The van der Waals surface area contributed by atoms with Crippen LogP contribution in [0.4, 0.5) is 0 Å². The Balaban J connectivity index is 3.03. The molecule has 0 bridgehead atoms. The first-order valence-electron chi connectivity index (χ1n) is 6.81. The first-order chi connectivity index (χ1) is 8.62. The van der Waals surface area contributed by atoms with E-state index in [4.69, 9.17) is 4.74 Å². The molecule has 2 unspecified atom stereocenters. The number of rotatable bonds is 8. The highest BCUT2D eigenvalue weighted by atomic mass is 16.5. The second-order valence-electron chi connectivity index (χ2n) is 4.66. The van der Waals surface area contributed by atoms with Crippen molar-refractivity contribution in [3.8, 4) is 0 Å². The van der Waals surface area contributed by atoms with Crippen LogP contribution in [0.5, 0.6) is 0 Å². The zero-order chi connectivity index (χ0) is 13.6. The normalized spacial score (nSPS) is 16.5. The van der Waals surface area contributed by atoms with Crippen molar-refractivity contribution in [2.75, 3.05) is 13.7 Å². The maximum Gasteiger partial charge on any atom is 0.146 e. The molecule has 2 atom stereocenters. The van der Waals surface area contributed by atoms with Gasteiger partial charge in [-0.05, 0) is 33.7 Å². The fourth-order valence-corrected chi connectivity index (χ4v) is 2.31. The summed E-state index contributed by atoms with van der Waals surface area (Å²) in [6.45, 7) is 10.0. The Morgan fingerprint density at radius 3 is 2.67 bits per heavy atom. The summed E-state index contributed by atoms with van der Waals surface area (Å²) in [5.74, 6) is 0.956. The molecule has 0 aliphatic heterocycles. The molecule has 18 heavy (non-hydrogen) atoms. The highest BCUT2D eigenvalue weighted by Gasteiger charge is 2.36. The van der Waals surface area contributed by atoms with Crippen LogP contribution >= 0.6 is 0 Å². The molecule has 1 aromatic rings. The van der Waals surface area contributed by atoms with Gasteiger partial charge < -0.3 is 10.1 Å². The minimum absolute atomic E-state index is 0.0523. The lowest BCUT2D eigenvalue weighted by atomic mass is 9.92. The second kappa shape index (κ2) is 6.85. The Labute approximate surface area is 110 Å². The number of aromatic nitrogens is 3. The molecular formula is C13H26N4O. The fourth-order valence-electron chi connectivity index (χ4n) is 2.31. The topological polar surface area (TPSA) is 52.0 Å². The van der Waals surface area contributed by atoms with Crippen LogP contribution < -0.4 is 5.32 Å². The van der Waals surface area contributed by atoms with Crippen molar-refractivity contribution >= 4 is 0 Å². The molecule has 5 heteroatoms. The van der Waals surface area contributed by atoms with Crippen LogP contribution in [0.3, 0.4) is 0 Å². The van der Waals surface area contributed by atoms with Crippen molar-refractivity contribution in [1.82, 2.24) is 20.1 Å². The summed E-state index contributed by atoms with van der Waals surface area (Å²) in [5.41, 5.74) is -0.262. The maximum absolute atomic E-state index is 5.94. The van der Waals surface area contributed by atoms with Gasteiger partial charge >= 0.3 is 0 Å². The van der Waals surface area contributed by atoms with E-state index < -0.39 is 0 Å². The summed E-state index contributed by atoms with van der Waals surface area (Å²) in [6.07, 6.45) is 3.59. The summed E-state index contributed by atoms with van der Waals surface area (Å²) in [6, 6.07) is 0.0523. The number of nitrogens with zero attached hydrogens (tertiary/aromatic N) is 3. The summed E-state index contributed by atoms with van der Waals surface area (Å²) >= 11 is 0. The molecule has 0 saturated heterocycles. The third-order valence-corrected chi connectivity index (χ3v) is 3.41. The Bertz CT molecular complexity index is 353. The van der Waals surface area contributed by atoms with Gasteiger partial charge in [-0.25, -0.2) is 9.67 Å². The van der Waals surface area contributed by atoms with E-state index in [0.717, 1.165) is 25.2 Å². The van der Waals surface area contributed by atoms with E-state index >= 15 is 0 Å². The molecular weight excluding hydrogens is 228 g/mol. The quantitative estimate of drug-likeness (QED) is 0.772. The summed E-state index contributed by atoms with van der Waals surface area (Å²) < 4.78 is 7.91. The number of likely N-dealkylation sites (N-methyl/N-ethyl adjacent to an activating group) is 1. The average molecular weight is 254 g/mol. The number of hydrogen-bond donors (Lipinski definition) is 1. The van der Waals surface area contributed by atoms with E-state index in [1.165, 1.54) is 0 Å². The lowest BCUT2D eigenvalue weighted by molar-refractivity contribution is -0.0575. The van der Waals surface area contributed by atoms with Crippen LogP contribution in [-0.4, -0.2) is 34.0 Å². The number of ether oxygens (including phenoxy) is 1. The Kier molecular flexibility index (Phi) is 5.75. The van der Waals surface area contributed by atoms with Crippen LogP contribution in [-0.2, 0) is 11.3 Å². The van der Waals surface area contributed by atoms with Crippen LogP contribution in [0, 0.1) is 0 Å². The second-order valence-corrected chi connectivity index (χ2v) is 4.66. The van der Waals surface area contributed by atoms with Crippen molar-refractivity contribution < 1.29 is 4.74 Å². The molecule has 1 rings (SSSR count). The molecule has 0 radical (unpaired) electrons. The highest BCUT2D eigenvalue weighted by Crippen LogP contribution is 2.30. The van der Waals surface area contributed by atoms with Crippen molar-refractivity contribution in [2.24, 2.45) is 0 Å². The largest absolute Gasteiger partial charge is 0.373 e. The molecule has 0 aromatic carbocycles. The first-order valence-corrected chi connectivity index (χ1v) is 6.81. The third kappa shape index (κ3) is 3.09. The molecule has 0 aliphatic rings. The van der Waals surface area contributed by atoms with Gasteiger partial charge in [0.1, 0.15) is 12.2 Å². The Morgan fingerprint density at radius 2 is 2.17 bits per heavy atom. The molecule has 104 valence electrons. The van der Waals surface area contributed by atoms with Gasteiger partial charge in [-0.3, -0.25) is 0 Å². The van der Waals surface area contributed by atoms with Gasteiger partial charge in [0.25, 0.3) is 0 Å². The fraction of sp³-hybridized carbons (Fsp3) is 0.846. The minimum Gasteiger partial charge on any atom is -0.373 e. The van der Waals surface area contributed by atoms with Gasteiger partial charge in [0.05, 0.1) is 11.6 Å². The van der Waals surface area contributed by atoms with Gasteiger partial charge in [-0.15, -0.1) is 0 Å². The summed E-state index contributed by atoms with van der Waals surface area (Å²) in [7, 11) is 1.95. The van der Waals surface area contributed by atoms with Crippen molar-refractivity contribution in [1.29, 1.82) is 0 Å². The monoisotopic (exact) mass is 254 g/mol. The van der Waals surface area contributed by atoms with E-state index in [1.54, 1.807) is 6.33 Å². The maximum atomic E-state index is 5.94. The van der Waals surface area contributed by atoms with Gasteiger partial charge in [0.2, 0.25) is 0 Å². The molecule has 1 aromatic heterocycles. The molecule has 0 amide bonds. The summed E-state index contributed by atoms with van der Waals surface area (Å²) in [5, 5.41) is 7.62. The molecule has 1 heterocycles. The van der Waals surface area contributed by atoms with Gasteiger partial charge in [0.15, 0.2) is 0 Å². The zero-order valence-corrected chi connectivity index (χ0v) is 12.2. The first kappa shape index (κ1) is 15.1. The van der Waals surface area contributed by atoms with Crippen molar-refractivity contribution in [3.63, 3.8) is 0 Å². The predicted octanol–water partition coefficient (Wildman–Crippen LogP) is 2.15. The standard InChI is InChI=1S/C13H26N4O/c1-6-9-17-12(15-10-16-17)11(14-5)13(4,7-2)18-8-3/h10-11,14H,6-9H2,1-5H3. The number of aryl methyl sites for hydroxylation is 1. The summed E-state index contributed by atoms with van der Waals surface area (Å²) in [4.78, 5) is 4.41. The molecule has 0 saturated carbocycles. The molecule has 5 nitrogen and oxygen atoms in total. The zero-order valence-electron chi connectivity index (χ0n) is 12.2. The van der Waals surface area contributed by atoms with E-state index in [9.17, 15) is 0 Å². The van der Waals surface area contributed by atoms with Gasteiger partial charge in [0, 0.05) is 13.2 Å². The highest BCUT2D eigenvalue weighted by molar-refractivity contribution is 5.03. The van der Waals surface area contributed by atoms with Crippen LogP contribution in [0.25, 0.3) is 0 Å². The molecule has 1 N–H and O–H groups in total. The van der Waals surface area contributed by atoms with E-state index in [1.807, 2.05) is 18.7 Å². The van der Waals surface area contributed by atoms with Gasteiger partial charge in [-0.1, -0.05) is 13.8 Å². The van der Waals surface area contributed by atoms with Crippen LogP contribution in [0.15, 0.2) is 6.33 Å². The van der Waals surface area contributed by atoms with Crippen molar-refractivity contribution in [2.45, 2.75) is 58.7 Å². The average Bonchev–Trinajstić information content (AvgIpc) is 2.79. The predicted molar refractivity (Wildman–Crippen MR) is 72.4 cm³/mol. The smallest absolute Gasteiger partial charge is 0.146 e. The lowest BCUT2D eigenvalue weighted by Crippen LogP contribution is -2.43. The molecule has 0 fully saturated rings. The van der Waals surface area contributed by atoms with E-state index in [-0.39, 0.29) is 11.6 Å². The van der Waals surface area contributed by atoms with Crippen molar-refractivity contribution in [3.05, 3.63) is 12.2 Å².